The van der Waals surface area contributed by atoms with Crippen LogP contribution in [0.5, 0.6) is 0 Å². The molecule has 7 nitrogen and oxygen atoms in total. The predicted octanol–water partition coefficient (Wildman–Crippen LogP) is 0.111. The van der Waals surface area contributed by atoms with Gasteiger partial charge in [-0.1, -0.05) is 6.07 Å². The summed E-state index contributed by atoms with van der Waals surface area (Å²) < 4.78 is 1.80. The number of piperazine rings is 1. The van der Waals surface area contributed by atoms with Gasteiger partial charge in [0, 0.05) is 31.9 Å². The molecule has 0 bridgehead atoms. The lowest BCUT2D eigenvalue weighted by atomic mass is 10.2. The molecule has 1 amide bonds. The molecule has 1 aromatic carbocycles. The second kappa shape index (κ2) is 6.47. The van der Waals surface area contributed by atoms with E-state index in [1.165, 1.54) is 0 Å². The second-order valence-electron chi connectivity index (χ2n) is 4.99. The molecule has 0 saturated carbocycles. The molecule has 0 spiro atoms. The summed E-state index contributed by atoms with van der Waals surface area (Å²) in [5, 5.41) is 13.8. The number of hydrogen-bond acceptors (Lipinski definition) is 5. The van der Waals surface area contributed by atoms with Gasteiger partial charge in [0.15, 0.2) is 0 Å². The molecule has 21 heavy (non-hydrogen) atoms. The van der Waals surface area contributed by atoms with Gasteiger partial charge < -0.3 is 10.6 Å². The number of nitrogens with zero attached hydrogens (tertiary/aromatic N) is 4. The SMILES string of the molecule is O=C(CN1CCNCC1)Nc1cccc(-n2cnnc2)c1. The van der Waals surface area contributed by atoms with E-state index in [-0.39, 0.29) is 5.91 Å². The Bertz CT molecular complexity index is 591. The molecule has 1 aliphatic heterocycles. The van der Waals surface area contributed by atoms with Crippen LogP contribution in [0.1, 0.15) is 0 Å². The van der Waals surface area contributed by atoms with Crippen LogP contribution in [0.3, 0.4) is 0 Å². The van der Waals surface area contributed by atoms with Crippen molar-refractivity contribution in [3.63, 3.8) is 0 Å². The predicted molar refractivity (Wildman–Crippen MR) is 79.3 cm³/mol. The highest BCUT2D eigenvalue weighted by molar-refractivity contribution is 5.92. The van der Waals surface area contributed by atoms with Crippen LogP contribution >= 0.6 is 0 Å². The lowest BCUT2D eigenvalue weighted by Gasteiger charge is -2.26. The standard InChI is InChI=1S/C14H18N6O/c21-14(9-19-6-4-15-5-7-19)18-12-2-1-3-13(8-12)20-10-16-17-11-20/h1-3,8,10-11,15H,4-7,9H2,(H,18,21). The van der Waals surface area contributed by atoms with Crippen molar-refractivity contribution in [3.05, 3.63) is 36.9 Å². The van der Waals surface area contributed by atoms with E-state index >= 15 is 0 Å². The largest absolute Gasteiger partial charge is 0.325 e. The van der Waals surface area contributed by atoms with E-state index in [9.17, 15) is 4.79 Å². The van der Waals surface area contributed by atoms with Crippen molar-refractivity contribution >= 4 is 11.6 Å². The molecule has 0 aliphatic carbocycles. The molecule has 3 rings (SSSR count). The number of carbonyl (C=O) groups excluding carboxylic acids is 1. The van der Waals surface area contributed by atoms with Crippen molar-refractivity contribution in [1.29, 1.82) is 0 Å². The normalized spacial score (nSPS) is 15.8. The molecule has 2 N–H and O–H groups in total. The highest BCUT2D eigenvalue weighted by atomic mass is 16.2. The lowest BCUT2D eigenvalue weighted by Crippen LogP contribution is -2.46. The van der Waals surface area contributed by atoms with Gasteiger partial charge in [-0.05, 0) is 18.2 Å². The summed E-state index contributed by atoms with van der Waals surface area (Å²) in [4.78, 5) is 14.2. The minimum absolute atomic E-state index is 0.0119. The van der Waals surface area contributed by atoms with E-state index in [1.807, 2.05) is 24.3 Å². The smallest absolute Gasteiger partial charge is 0.238 e. The summed E-state index contributed by atoms with van der Waals surface area (Å²) in [5.41, 5.74) is 1.70. The first-order chi connectivity index (χ1) is 10.3. The zero-order valence-electron chi connectivity index (χ0n) is 11.7. The Kier molecular flexibility index (Phi) is 4.23. The first kappa shape index (κ1) is 13.7. The van der Waals surface area contributed by atoms with Crippen LogP contribution in [0.4, 0.5) is 5.69 Å². The number of nitrogens with one attached hydrogen (secondary N) is 2. The quantitative estimate of drug-likeness (QED) is 0.834. The first-order valence-electron chi connectivity index (χ1n) is 6.99. The maximum absolute atomic E-state index is 12.1. The molecule has 1 saturated heterocycles. The van der Waals surface area contributed by atoms with Crippen LogP contribution < -0.4 is 10.6 Å². The van der Waals surface area contributed by atoms with Crippen molar-refractivity contribution in [2.45, 2.75) is 0 Å². The summed E-state index contributed by atoms with van der Waals surface area (Å²) in [5.74, 6) is 0.0119. The summed E-state index contributed by atoms with van der Waals surface area (Å²) in [6, 6.07) is 7.62. The summed E-state index contributed by atoms with van der Waals surface area (Å²) in [6.07, 6.45) is 3.25. The number of rotatable bonds is 4. The van der Waals surface area contributed by atoms with Crippen LogP contribution in [0.25, 0.3) is 5.69 Å². The highest BCUT2D eigenvalue weighted by Crippen LogP contribution is 2.14. The molecule has 110 valence electrons. The summed E-state index contributed by atoms with van der Waals surface area (Å²) in [7, 11) is 0. The fourth-order valence-electron chi connectivity index (χ4n) is 2.35. The third-order valence-electron chi connectivity index (χ3n) is 3.42. The van der Waals surface area contributed by atoms with Gasteiger partial charge in [0.25, 0.3) is 0 Å². The molecule has 1 aliphatic rings. The Morgan fingerprint density at radius 2 is 2.00 bits per heavy atom. The van der Waals surface area contributed by atoms with Gasteiger partial charge in [0.05, 0.1) is 12.2 Å². The molecular weight excluding hydrogens is 268 g/mol. The van der Waals surface area contributed by atoms with Crippen molar-refractivity contribution in [2.75, 3.05) is 38.0 Å². The number of aromatic nitrogens is 3. The van der Waals surface area contributed by atoms with Crippen LogP contribution in [0.2, 0.25) is 0 Å². The molecule has 7 heteroatoms. The third-order valence-corrected chi connectivity index (χ3v) is 3.42. The Labute approximate surface area is 123 Å². The monoisotopic (exact) mass is 286 g/mol. The number of carbonyl (C=O) groups is 1. The molecular formula is C14H18N6O. The highest BCUT2D eigenvalue weighted by Gasteiger charge is 2.13. The topological polar surface area (TPSA) is 75.1 Å². The average Bonchev–Trinajstić information content (AvgIpc) is 3.02. The van der Waals surface area contributed by atoms with Crippen molar-refractivity contribution in [2.24, 2.45) is 0 Å². The van der Waals surface area contributed by atoms with E-state index in [2.05, 4.69) is 25.7 Å². The van der Waals surface area contributed by atoms with Crippen LogP contribution in [0, 0.1) is 0 Å². The maximum Gasteiger partial charge on any atom is 0.238 e. The van der Waals surface area contributed by atoms with E-state index in [4.69, 9.17) is 0 Å². The van der Waals surface area contributed by atoms with Crippen molar-refractivity contribution < 1.29 is 4.79 Å². The lowest BCUT2D eigenvalue weighted by molar-refractivity contribution is -0.117. The maximum atomic E-state index is 12.1. The fraction of sp³-hybridized carbons (Fsp3) is 0.357. The molecule has 1 fully saturated rings. The van der Waals surface area contributed by atoms with Gasteiger partial charge in [-0.15, -0.1) is 10.2 Å². The number of amides is 1. The van der Waals surface area contributed by atoms with E-state index in [1.54, 1.807) is 17.2 Å². The van der Waals surface area contributed by atoms with Crippen LogP contribution in [-0.4, -0.2) is 58.3 Å². The van der Waals surface area contributed by atoms with E-state index in [0.29, 0.717) is 6.54 Å². The number of anilines is 1. The van der Waals surface area contributed by atoms with Gasteiger partial charge in [-0.2, -0.15) is 0 Å². The van der Waals surface area contributed by atoms with Crippen molar-refractivity contribution in [3.8, 4) is 5.69 Å². The molecule has 2 aromatic rings. The minimum Gasteiger partial charge on any atom is -0.325 e. The van der Waals surface area contributed by atoms with Gasteiger partial charge in [-0.3, -0.25) is 14.3 Å². The van der Waals surface area contributed by atoms with Crippen molar-refractivity contribution in [1.82, 2.24) is 25.0 Å². The number of benzene rings is 1. The zero-order chi connectivity index (χ0) is 14.5. The van der Waals surface area contributed by atoms with Crippen LogP contribution in [-0.2, 0) is 4.79 Å². The summed E-state index contributed by atoms with van der Waals surface area (Å²) >= 11 is 0. The molecule has 0 atom stereocenters. The zero-order valence-corrected chi connectivity index (χ0v) is 11.7. The van der Waals surface area contributed by atoms with E-state index < -0.39 is 0 Å². The number of hydrogen-bond donors (Lipinski definition) is 2. The molecule has 0 radical (unpaired) electrons. The Hall–Kier alpha value is -2.25. The van der Waals surface area contributed by atoms with Gasteiger partial charge in [-0.25, -0.2) is 0 Å². The first-order valence-corrected chi connectivity index (χ1v) is 6.99. The average molecular weight is 286 g/mol. The molecule has 2 heterocycles. The minimum atomic E-state index is 0.0119. The van der Waals surface area contributed by atoms with Gasteiger partial charge >= 0.3 is 0 Å². The summed E-state index contributed by atoms with van der Waals surface area (Å²) in [6.45, 7) is 4.13. The fourth-order valence-corrected chi connectivity index (χ4v) is 2.35. The molecule has 1 aromatic heterocycles. The van der Waals surface area contributed by atoms with Gasteiger partial charge in [0.2, 0.25) is 5.91 Å². The Morgan fingerprint density at radius 1 is 1.24 bits per heavy atom. The van der Waals surface area contributed by atoms with Gasteiger partial charge in [0.1, 0.15) is 12.7 Å². The third kappa shape index (κ3) is 3.65. The Balaban J connectivity index is 1.62. The molecule has 0 unspecified atom stereocenters. The van der Waals surface area contributed by atoms with Crippen LogP contribution in [0.15, 0.2) is 36.9 Å². The Morgan fingerprint density at radius 3 is 2.76 bits per heavy atom. The van der Waals surface area contributed by atoms with E-state index in [0.717, 1.165) is 37.6 Å². The second-order valence-corrected chi connectivity index (χ2v) is 4.99.